The highest BCUT2D eigenvalue weighted by atomic mass is 32.1. The molecule has 0 unspecified atom stereocenters. The van der Waals surface area contributed by atoms with E-state index in [4.69, 9.17) is 4.98 Å². The molecule has 1 atom stereocenters. The first kappa shape index (κ1) is 17.0. The van der Waals surface area contributed by atoms with Gasteiger partial charge in [0.1, 0.15) is 11.3 Å². The Morgan fingerprint density at radius 1 is 1.33 bits per heavy atom. The Kier molecular flexibility index (Phi) is 4.67. The lowest BCUT2D eigenvalue weighted by molar-refractivity contribution is 0.0609. The molecule has 5 nitrogen and oxygen atoms in total. The molecule has 1 fully saturated rings. The Labute approximate surface area is 147 Å². The second-order valence-electron chi connectivity index (χ2n) is 7.35. The van der Waals surface area contributed by atoms with E-state index in [0.29, 0.717) is 5.56 Å². The monoisotopic (exact) mass is 344 g/mol. The predicted octanol–water partition coefficient (Wildman–Crippen LogP) is 3.91. The lowest BCUT2D eigenvalue weighted by Gasteiger charge is -2.34. The van der Waals surface area contributed by atoms with Crippen molar-refractivity contribution in [2.45, 2.75) is 58.4 Å². The third-order valence-electron chi connectivity index (χ3n) is 4.48. The van der Waals surface area contributed by atoms with Crippen LogP contribution in [0.3, 0.4) is 0 Å². The summed E-state index contributed by atoms with van der Waals surface area (Å²) in [7, 11) is 0. The Bertz CT molecular complexity index is 735. The van der Waals surface area contributed by atoms with Crippen molar-refractivity contribution in [1.82, 2.24) is 19.9 Å². The summed E-state index contributed by atoms with van der Waals surface area (Å²) in [4.78, 5) is 28.0. The van der Waals surface area contributed by atoms with E-state index < -0.39 is 0 Å². The second-order valence-corrected chi connectivity index (χ2v) is 8.24. The van der Waals surface area contributed by atoms with Crippen LogP contribution >= 0.6 is 11.3 Å². The van der Waals surface area contributed by atoms with E-state index in [9.17, 15) is 4.79 Å². The first-order chi connectivity index (χ1) is 11.4. The summed E-state index contributed by atoms with van der Waals surface area (Å²) < 4.78 is 0. The number of carbonyl (C=O) groups excluding carboxylic acids is 1. The van der Waals surface area contributed by atoms with Gasteiger partial charge >= 0.3 is 0 Å². The van der Waals surface area contributed by atoms with Crippen LogP contribution in [0.5, 0.6) is 0 Å². The number of aryl methyl sites for hydroxylation is 1. The van der Waals surface area contributed by atoms with Gasteiger partial charge in [0.2, 0.25) is 0 Å². The summed E-state index contributed by atoms with van der Waals surface area (Å²) >= 11 is 1.67. The van der Waals surface area contributed by atoms with Crippen molar-refractivity contribution in [3.8, 4) is 0 Å². The van der Waals surface area contributed by atoms with E-state index in [1.807, 2.05) is 11.8 Å². The highest BCUT2D eigenvalue weighted by Crippen LogP contribution is 2.35. The fourth-order valence-electron chi connectivity index (χ4n) is 2.97. The molecule has 128 valence electrons. The average Bonchev–Trinajstić information content (AvgIpc) is 3.05. The molecule has 3 heterocycles. The minimum absolute atomic E-state index is 0.0188. The molecule has 0 N–H and O–H groups in total. The molecule has 0 spiro atoms. The van der Waals surface area contributed by atoms with Gasteiger partial charge in [-0.05, 0) is 26.2 Å². The molecule has 6 heteroatoms. The molecular formula is C18H24N4OS. The van der Waals surface area contributed by atoms with Gasteiger partial charge in [-0.15, -0.1) is 11.3 Å². The molecule has 0 aliphatic carbocycles. The van der Waals surface area contributed by atoms with Gasteiger partial charge in [0.05, 0.1) is 23.0 Å². The number of hydrogen-bond acceptors (Lipinski definition) is 5. The van der Waals surface area contributed by atoms with Crippen LogP contribution in [0.25, 0.3) is 0 Å². The van der Waals surface area contributed by atoms with Gasteiger partial charge in [-0.3, -0.25) is 4.79 Å². The summed E-state index contributed by atoms with van der Waals surface area (Å²) in [6, 6.07) is 0.0620. The normalized spacial score (nSPS) is 18.7. The summed E-state index contributed by atoms with van der Waals surface area (Å²) in [6.45, 7) is 9.12. The minimum Gasteiger partial charge on any atom is -0.329 e. The van der Waals surface area contributed by atoms with E-state index in [2.05, 4.69) is 36.1 Å². The van der Waals surface area contributed by atoms with Crippen LogP contribution in [-0.2, 0) is 5.41 Å². The maximum Gasteiger partial charge on any atom is 0.257 e. The van der Waals surface area contributed by atoms with Gasteiger partial charge in [0.25, 0.3) is 5.91 Å². The molecule has 24 heavy (non-hydrogen) atoms. The predicted molar refractivity (Wildman–Crippen MR) is 95.2 cm³/mol. The van der Waals surface area contributed by atoms with Gasteiger partial charge in [0.15, 0.2) is 0 Å². The van der Waals surface area contributed by atoms with Crippen molar-refractivity contribution in [2.24, 2.45) is 0 Å². The fourth-order valence-corrected chi connectivity index (χ4v) is 4.16. The smallest absolute Gasteiger partial charge is 0.257 e. The number of hydrogen-bond donors (Lipinski definition) is 0. The molecular weight excluding hydrogens is 320 g/mol. The molecule has 1 saturated heterocycles. The van der Waals surface area contributed by atoms with Gasteiger partial charge in [-0.25, -0.2) is 15.0 Å². The average molecular weight is 344 g/mol. The van der Waals surface area contributed by atoms with Crippen LogP contribution in [-0.4, -0.2) is 32.3 Å². The van der Waals surface area contributed by atoms with Crippen molar-refractivity contribution >= 4 is 17.2 Å². The van der Waals surface area contributed by atoms with Gasteiger partial charge in [-0.1, -0.05) is 20.8 Å². The molecule has 3 rings (SSSR count). The number of piperidine rings is 1. The zero-order valence-electron chi connectivity index (χ0n) is 14.7. The molecule has 1 amide bonds. The van der Waals surface area contributed by atoms with E-state index in [1.165, 1.54) is 6.33 Å². The molecule has 0 aromatic carbocycles. The van der Waals surface area contributed by atoms with Crippen molar-refractivity contribution in [2.75, 3.05) is 6.54 Å². The number of likely N-dealkylation sites (tertiary alicyclic amines) is 1. The van der Waals surface area contributed by atoms with Crippen LogP contribution < -0.4 is 0 Å². The van der Waals surface area contributed by atoms with Crippen LogP contribution in [0.2, 0.25) is 0 Å². The zero-order valence-corrected chi connectivity index (χ0v) is 15.6. The number of nitrogens with zero attached hydrogens (tertiary/aromatic N) is 4. The number of thiazole rings is 1. The third-order valence-corrected chi connectivity index (χ3v) is 5.43. The van der Waals surface area contributed by atoms with E-state index in [0.717, 1.165) is 42.2 Å². The summed E-state index contributed by atoms with van der Waals surface area (Å²) in [5, 5.41) is 3.17. The van der Waals surface area contributed by atoms with E-state index >= 15 is 0 Å². The van der Waals surface area contributed by atoms with Crippen molar-refractivity contribution in [1.29, 1.82) is 0 Å². The van der Waals surface area contributed by atoms with Gasteiger partial charge in [0, 0.05) is 23.5 Å². The highest BCUT2D eigenvalue weighted by Gasteiger charge is 2.32. The van der Waals surface area contributed by atoms with E-state index in [1.54, 1.807) is 17.5 Å². The number of carbonyl (C=O) groups is 1. The van der Waals surface area contributed by atoms with Crippen molar-refractivity contribution < 1.29 is 4.79 Å². The summed E-state index contributed by atoms with van der Waals surface area (Å²) in [5.74, 6) is 0.0188. The molecule has 0 radical (unpaired) electrons. The maximum absolute atomic E-state index is 13.0. The number of rotatable bonds is 2. The Balaban J connectivity index is 1.90. The molecule has 0 bridgehead atoms. The Morgan fingerprint density at radius 3 is 2.79 bits per heavy atom. The maximum atomic E-state index is 13.0. The zero-order chi connectivity index (χ0) is 17.3. The van der Waals surface area contributed by atoms with Gasteiger partial charge < -0.3 is 4.90 Å². The highest BCUT2D eigenvalue weighted by molar-refractivity contribution is 7.09. The first-order valence-corrected chi connectivity index (χ1v) is 9.29. The van der Waals surface area contributed by atoms with Gasteiger partial charge in [-0.2, -0.15) is 0 Å². The topological polar surface area (TPSA) is 59.0 Å². The Morgan fingerprint density at radius 2 is 2.12 bits per heavy atom. The van der Waals surface area contributed by atoms with E-state index in [-0.39, 0.29) is 17.4 Å². The quantitative estimate of drug-likeness (QED) is 0.829. The standard InChI is InChI=1S/C18H24N4OS/c1-12-13(9-19-11-20-12)17(23)22-8-6-5-7-14(22)16-21-15(10-24-16)18(2,3)4/h9-11,14H,5-8H2,1-4H3/t14-/m1/s1. The third kappa shape index (κ3) is 3.34. The molecule has 2 aromatic rings. The number of aromatic nitrogens is 3. The summed E-state index contributed by atoms with van der Waals surface area (Å²) in [5.41, 5.74) is 2.45. The molecule has 2 aromatic heterocycles. The van der Waals surface area contributed by atoms with Crippen molar-refractivity contribution in [3.05, 3.63) is 39.9 Å². The lowest BCUT2D eigenvalue weighted by atomic mass is 9.93. The Hall–Kier alpha value is -1.82. The second kappa shape index (κ2) is 6.59. The largest absolute Gasteiger partial charge is 0.329 e. The summed E-state index contributed by atoms with van der Waals surface area (Å²) in [6.07, 6.45) is 6.24. The van der Waals surface area contributed by atoms with Crippen LogP contribution in [0, 0.1) is 6.92 Å². The fraction of sp³-hybridized carbons (Fsp3) is 0.556. The molecule has 1 aliphatic heterocycles. The molecule has 1 aliphatic rings. The van der Waals surface area contributed by atoms with Crippen LogP contribution in [0.15, 0.2) is 17.9 Å². The lowest BCUT2D eigenvalue weighted by Crippen LogP contribution is -2.39. The SMILES string of the molecule is Cc1ncncc1C(=O)N1CCCC[C@@H]1c1nc(C(C)(C)C)cs1. The van der Waals surface area contributed by atoms with Crippen molar-refractivity contribution in [3.63, 3.8) is 0 Å². The van der Waals surface area contributed by atoms with Crippen LogP contribution in [0.1, 0.15) is 72.8 Å². The number of amides is 1. The molecule has 0 saturated carbocycles. The van der Waals surface area contributed by atoms with Crippen LogP contribution in [0.4, 0.5) is 0 Å². The first-order valence-electron chi connectivity index (χ1n) is 8.41. The minimum atomic E-state index is 0.0188.